The number of hydrogen-bond acceptors (Lipinski definition) is 4. The number of hydrogen-bond donors (Lipinski definition) is 2. The van der Waals surface area contributed by atoms with E-state index in [1.165, 1.54) is 5.56 Å². The van der Waals surface area contributed by atoms with Crippen LogP contribution in [0.15, 0.2) is 79.0 Å². The molecule has 1 unspecified atom stereocenters. The van der Waals surface area contributed by atoms with Gasteiger partial charge in [-0.3, -0.25) is 14.4 Å². The SMILES string of the molecule is CC(C)Cc1ccc(C(Oc2ccc(C(=O)c3cn(CCCC(=O)O)c4ccccc34)cc2)C(=O)NC(C)(C)C)cc1. The molecule has 0 aliphatic heterocycles. The number of aryl methyl sites for hydroxylation is 1. The molecule has 1 atom stereocenters. The Bertz CT molecular complexity index is 1540. The lowest BCUT2D eigenvalue weighted by atomic mass is 9.99. The summed E-state index contributed by atoms with van der Waals surface area (Å²) in [4.78, 5) is 37.8. The van der Waals surface area contributed by atoms with Gasteiger partial charge in [0.1, 0.15) is 5.75 Å². The quantitative estimate of drug-likeness (QED) is 0.180. The van der Waals surface area contributed by atoms with Crippen molar-refractivity contribution in [3.05, 3.63) is 101 Å². The van der Waals surface area contributed by atoms with Crippen molar-refractivity contribution < 1.29 is 24.2 Å². The van der Waals surface area contributed by atoms with Gasteiger partial charge in [-0.2, -0.15) is 0 Å². The summed E-state index contributed by atoms with van der Waals surface area (Å²) in [5, 5.41) is 12.9. The van der Waals surface area contributed by atoms with Crippen molar-refractivity contribution in [1.82, 2.24) is 9.88 Å². The fraction of sp³-hybridized carbons (Fsp3) is 0.343. The maximum atomic E-state index is 13.6. The number of benzene rings is 3. The minimum Gasteiger partial charge on any atom is -0.481 e. The normalized spacial score (nSPS) is 12.3. The van der Waals surface area contributed by atoms with Gasteiger partial charge in [0.05, 0.1) is 0 Å². The van der Waals surface area contributed by atoms with Crippen LogP contribution in [0.1, 0.15) is 80.6 Å². The zero-order chi connectivity index (χ0) is 30.4. The van der Waals surface area contributed by atoms with Crippen LogP contribution in [0.25, 0.3) is 10.9 Å². The van der Waals surface area contributed by atoms with E-state index in [1.807, 2.05) is 73.9 Å². The number of rotatable bonds is 12. The highest BCUT2D eigenvalue weighted by Crippen LogP contribution is 2.28. The summed E-state index contributed by atoms with van der Waals surface area (Å²) in [6.45, 7) is 10.6. The summed E-state index contributed by atoms with van der Waals surface area (Å²) in [5.41, 5.74) is 3.45. The van der Waals surface area contributed by atoms with Crippen LogP contribution in [-0.2, 0) is 22.6 Å². The average molecular weight is 569 g/mol. The van der Waals surface area contributed by atoms with Crippen molar-refractivity contribution >= 4 is 28.6 Å². The Morgan fingerprint density at radius 1 is 0.929 bits per heavy atom. The molecule has 220 valence electrons. The predicted octanol–water partition coefficient (Wildman–Crippen LogP) is 6.97. The minimum atomic E-state index is -0.859. The standard InChI is InChI=1S/C35H40N2O5/c1-23(2)21-24-12-14-26(15-13-24)33(34(41)36-35(3,4)5)42-27-18-16-25(17-19-27)32(40)29-22-37(20-8-11-31(38)39)30-10-7-6-9-28(29)30/h6-7,9-10,12-19,22-23,33H,8,11,20-21H2,1-5H3,(H,36,41)(H,38,39). The van der Waals surface area contributed by atoms with E-state index in [-0.39, 0.29) is 18.1 Å². The third kappa shape index (κ3) is 7.87. The van der Waals surface area contributed by atoms with E-state index in [9.17, 15) is 14.4 Å². The largest absolute Gasteiger partial charge is 0.481 e. The van der Waals surface area contributed by atoms with Crippen molar-refractivity contribution in [2.75, 3.05) is 0 Å². The molecule has 1 heterocycles. The lowest BCUT2D eigenvalue weighted by molar-refractivity contribution is -0.137. The van der Waals surface area contributed by atoms with Gasteiger partial charge in [0, 0.05) is 52.3 Å². The van der Waals surface area contributed by atoms with Gasteiger partial charge in [0.15, 0.2) is 5.78 Å². The van der Waals surface area contributed by atoms with E-state index >= 15 is 0 Å². The number of ether oxygens (including phenoxy) is 1. The molecule has 1 aromatic heterocycles. The third-order valence-electron chi connectivity index (χ3n) is 6.86. The number of fused-ring (bicyclic) bond motifs is 1. The zero-order valence-corrected chi connectivity index (χ0v) is 25.0. The summed E-state index contributed by atoms with van der Waals surface area (Å²) in [6, 6.07) is 22.4. The summed E-state index contributed by atoms with van der Waals surface area (Å²) in [7, 11) is 0. The molecule has 1 amide bonds. The minimum absolute atomic E-state index is 0.0636. The van der Waals surface area contributed by atoms with Crippen LogP contribution in [0, 0.1) is 5.92 Å². The third-order valence-corrected chi connectivity index (χ3v) is 6.86. The molecule has 4 aromatic rings. The smallest absolute Gasteiger partial charge is 0.303 e. The number of aliphatic carboxylic acids is 1. The molecule has 3 aromatic carbocycles. The van der Waals surface area contributed by atoms with Gasteiger partial charge < -0.3 is 19.7 Å². The molecule has 2 N–H and O–H groups in total. The molecule has 7 heteroatoms. The van der Waals surface area contributed by atoms with Gasteiger partial charge in [-0.15, -0.1) is 0 Å². The number of carbonyl (C=O) groups is 3. The van der Waals surface area contributed by atoms with Crippen molar-refractivity contribution in [2.45, 2.75) is 72.1 Å². The molecule has 0 radical (unpaired) electrons. The molecule has 0 aliphatic rings. The molecular formula is C35H40N2O5. The number of nitrogens with zero attached hydrogens (tertiary/aromatic N) is 1. The average Bonchev–Trinajstić information content (AvgIpc) is 3.29. The molecule has 0 saturated carbocycles. The first-order chi connectivity index (χ1) is 19.9. The number of ketones is 1. The van der Waals surface area contributed by atoms with Crippen LogP contribution in [-0.4, -0.2) is 32.9 Å². The molecule has 0 aliphatic carbocycles. The Hall–Kier alpha value is -4.39. The van der Waals surface area contributed by atoms with E-state index in [0.717, 1.165) is 22.9 Å². The topological polar surface area (TPSA) is 97.6 Å². The van der Waals surface area contributed by atoms with E-state index in [4.69, 9.17) is 9.84 Å². The van der Waals surface area contributed by atoms with E-state index in [0.29, 0.717) is 35.8 Å². The Morgan fingerprint density at radius 3 is 2.21 bits per heavy atom. The highest BCUT2D eigenvalue weighted by molar-refractivity contribution is 6.16. The Kier molecular flexibility index (Phi) is 9.51. The number of nitrogens with one attached hydrogen (secondary N) is 1. The van der Waals surface area contributed by atoms with Crippen LogP contribution in [0.3, 0.4) is 0 Å². The summed E-state index contributed by atoms with van der Waals surface area (Å²) in [6.07, 6.45) is 2.43. The van der Waals surface area contributed by atoms with Crippen LogP contribution in [0.2, 0.25) is 0 Å². The van der Waals surface area contributed by atoms with Crippen molar-refractivity contribution in [3.63, 3.8) is 0 Å². The van der Waals surface area contributed by atoms with Gasteiger partial charge in [0.25, 0.3) is 5.91 Å². The second-order valence-electron chi connectivity index (χ2n) is 12.2. The lowest BCUT2D eigenvalue weighted by Gasteiger charge is -2.26. The summed E-state index contributed by atoms with van der Waals surface area (Å²) < 4.78 is 8.17. The van der Waals surface area contributed by atoms with Crippen LogP contribution >= 0.6 is 0 Å². The molecule has 0 bridgehead atoms. The van der Waals surface area contributed by atoms with Crippen LogP contribution in [0.4, 0.5) is 0 Å². The number of para-hydroxylation sites is 1. The summed E-state index contributed by atoms with van der Waals surface area (Å²) in [5.74, 6) is -0.219. The fourth-order valence-corrected chi connectivity index (χ4v) is 5.00. The van der Waals surface area contributed by atoms with Crippen LogP contribution < -0.4 is 10.1 Å². The van der Waals surface area contributed by atoms with Gasteiger partial charge >= 0.3 is 5.97 Å². The Labute approximate surface area is 247 Å². The van der Waals surface area contributed by atoms with Gasteiger partial charge in [-0.05, 0) is 75.4 Å². The van der Waals surface area contributed by atoms with E-state index in [1.54, 1.807) is 30.5 Å². The van der Waals surface area contributed by atoms with Gasteiger partial charge in [-0.25, -0.2) is 0 Å². The first-order valence-corrected chi connectivity index (χ1v) is 14.4. The number of carboxylic acid groups (broad SMARTS) is 1. The van der Waals surface area contributed by atoms with Crippen molar-refractivity contribution in [3.8, 4) is 5.75 Å². The maximum absolute atomic E-state index is 13.6. The second kappa shape index (κ2) is 13.1. The Balaban J connectivity index is 1.56. The van der Waals surface area contributed by atoms with Crippen LogP contribution in [0.5, 0.6) is 5.75 Å². The predicted molar refractivity (Wildman–Crippen MR) is 165 cm³/mol. The number of amides is 1. The fourth-order valence-electron chi connectivity index (χ4n) is 5.00. The highest BCUT2D eigenvalue weighted by Gasteiger charge is 2.27. The second-order valence-corrected chi connectivity index (χ2v) is 12.2. The highest BCUT2D eigenvalue weighted by atomic mass is 16.5. The zero-order valence-electron chi connectivity index (χ0n) is 25.0. The molecular weight excluding hydrogens is 528 g/mol. The maximum Gasteiger partial charge on any atom is 0.303 e. The van der Waals surface area contributed by atoms with Gasteiger partial charge in [0.2, 0.25) is 6.10 Å². The van der Waals surface area contributed by atoms with E-state index < -0.39 is 17.6 Å². The lowest BCUT2D eigenvalue weighted by Crippen LogP contribution is -2.44. The first-order valence-electron chi connectivity index (χ1n) is 14.4. The Morgan fingerprint density at radius 2 is 1.60 bits per heavy atom. The molecule has 0 fully saturated rings. The molecule has 0 spiro atoms. The molecule has 42 heavy (non-hydrogen) atoms. The first kappa shape index (κ1) is 30.6. The van der Waals surface area contributed by atoms with Crippen molar-refractivity contribution in [2.24, 2.45) is 5.92 Å². The number of aromatic nitrogens is 1. The number of carbonyl (C=O) groups excluding carboxylic acids is 2. The summed E-state index contributed by atoms with van der Waals surface area (Å²) >= 11 is 0. The molecule has 4 rings (SSSR count). The number of carboxylic acids is 1. The van der Waals surface area contributed by atoms with Gasteiger partial charge in [-0.1, -0.05) is 56.3 Å². The molecule has 7 nitrogen and oxygen atoms in total. The monoisotopic (exact) mass is 568 g/mol. The van der Waals surface area contributed by atoms with E-state index in [2.05, 4.69) is 19.2 Å². The van der Waals surface area contributed by atoms with Crippen molar-refractivity contribution in [1.29, 1.82) is 0 Å². The molecule has 0 saturated heterocycles.